The van der Waals surface area contributed by atoms with Crippen LogP contribution in [0.3, 0.4) is 0 Å². The predicted molar refractivity (Wildman–Crippen MR) is 158 cm³/mol. The molecule has 0 aromatic heterocycles. The number of benzene rings is 3. The van der Waals surface area contributed by atoms with E-state index in [1.165, 1.54) is 4.90 Å². The highest BCUT2D eigenvalue weighted by atomic mass is 32.2. The van der Waals surface area contributed by atoms with E-state index in [0.29, 0.717) is 18.8 Å². The van der Waals surface area contributed by atoms with Crippen molar-refractivity contribution in [3.8, 4) is 5.75 Å². The molecule has 3 aromatic rings. The molecule has 220 valence electrons. The first-order chi connectivity index (χ1) is 19.5. The predicted octanol–water partition coefficient (Wildman–Crippen LogP) is 5.06. The number of hydrogen-bond acceptors (Lipinski definition) is 5. The zero-order valence-corrected chi connectivity index (χ0v) is 24.9. The molecule has 2 amide bonds. The zero-order chi connectivity index (χ0) is 30.2. The molecule has 0 saturated heterocycles. The number of halogens is 1. The molecule has 10 heteroatoms. The van der Waals surface area contributed by atoms with Gasteiger partial charge in [0.15, 0.2) is 0 Å². The normalized spacial score (nSPS) is 12.7. The van der Waals surface area contributed by atoms with E-state index in [1.54, 1.807) is 31.2 Å². The third-order valence-electron chi connectivity index (χ3n) is 6.76. The lowest BCUT2D eigenvalue weighted by molar-refractivity contribution is -0.139. The number of anilines is 1. The number of nitrogens with zero attached hydrogens (tertiary/aromatic N) is 2. The van der Waals surface area contributed by atoms with Gasteiger partial charge in [0, 0.05) is 12.6 Å². The third-order valence-corrected chi connectivity index (χ3v) is 8.55. The van der Waals surface area contributed by atoms with Crippen molar-refractivity contribution in [2.45, 2.75) is 64.6 Å². The molecule has 0 aliphatic carbocycles. The molecular formula is C31H38FN3O5S. The molecule has 0 heterocycles. The summed E-state index contributed by atoms with van der Waals surface area (Å²) in [5.74, 6) is -0.957. The van der Waals surface area contributed by atoms with Crippen LogP contribution in [0.1, 0.15) is 45.2 Å². The summed E-state index contributed by atoms with van der Waals surface area (Å²) in [6.45, 7) is 9.17. The maximum atomic E-state index is 14.0. The summed E-state index contributed by atoms with van der Waals surface area (Å²) in [6, 6.07) is 17.3. The van der Waals surface area contributed by atoms with Gasteiger partial charge in [0.05, 0.1) is 17.2 Å². The van der Waals surface area contributed by atoms with E-state index in [9.17, 15) is 22.4 Å². The second-order valence-electron chi connectivity index (χ2n) is 9.89. The lowest BCUT2D eigenvalue weighted by atomic mass is 10.1. The van der Waals surface area contributed by atoms with Gasteiger partial charge in [0.2, 0.25) is 11.8 Å². The summed E-state index contributed by atoms with van der Waals surface area (Å²) in [5, 5.41) is 2.91. The molecule has 0 unspecified atom stereocenters. The molecule has 3 aromatic carbocycles. The Morgan fingerprint density at radius 2 is 1.54 bits per heavy atom. The van der Waals surface area contributed by atoms with E-state index in [-0.39, 0.29) is 29.1 Å². The van der Waals surface area contributed by atoms with Crippen molar-refractivity contribution in [1.82, 2.24) is 10.2 Å². The van der Waals surface area contributed by atoms with Crippen molar-refractivity contribution in [2.75, 3.05) is 17.5 Å². The molecule has 0 saturated carbocycles. The quantitative estimate of drug-likeness (QED) is 0.304. The van der Waals surface area contributed by atoms with Crippen LogP contribution in [0.2, 0.25) is 0 Å². The minimum Gasteiger partial charge on any atom is -0.494 e. The lowest BCUT2D eigenvalue weighted by Gasteiger charge is -2.32. The molecule has 0 aliphatic rings. The number of ether oxygens (including phenoxy) is 1. The first-order valence-corrected chi connectivity index (χ1v) is 15.1. The molecule has 1 N–H and O–H groups in total. The molecule has 0 bridgehead atoms. The Labute approximate surface area is 242 Å². The second-order valence-corrected chi connectivity index (χ2v) is 11.8. The highest BCUT2D eigenvalue weighted by Gasteiger charge is 2.32. The minimum atomic E-state index is -4.29. The van der Waals surface area contributed by atoms with Gasteiger partial charge >= 0.3 is 0 Å². The number of nitrogens with one attached hydrogen (secondary N) is 1. The number of hydrogen-bond donors (Lipinski definition) is 1. The van der Waals surface area contributed by atoms with Gasteiger partial charge in [0.25, 0.3) is 10.0 Å². The van der Waals surface area contributed by atoms with Gasteiger partial charge in [-0.05, 0) is 88.2 Å². The molecule has 41 heavy (non-hydrogen) atoms. The maximum absolute atomic E-state index is 14.0. The monoisotopic (exact) mass is 583 g/mol. The molecule has 8 nitrogen and oxygen atoms in total. The van der Waals surface area contributed by atoms with Crippen molar-refractivity contribution in [2.24, 2.45) is 0 Å². The fourth-order valence-corrected chi connectivity index (χ4v) is 5.49. The Kier molecular flexibility index (Phi) is 10.9. The van der Waals surface area contributed by atoms with E-state index in [1.807, 2.05) is 52.0 Å². The number of carbonyl (C=O) groups is 2. The van der Waals surface area contributed by atoms with Crippen LogP contribution in [0.25, 0.3) is 0 Å². The number of carbonyl (C=O) groups excluding carboxylic acids is 2. The summed E-state index contributed by atoms with van der Waals surface area (Å²) in [6.07, 6.45) is 0.714. The third kappa shape index (κ3) is 8.29. The van der Waals surface area contributed by atoms with Gasteiger partial charge in [-0.25, -0.2) is 12.8 Å². The van der Waals surface area contributed by atoms with E-state index in [4.69, 9.17) is 4.74 Å². The SMILES string of the molecule is CCOc1ccc(N(CC(=O)N(Cc2ccc(C)cc2)[C@H](C)C(=O)N[C@H](C)CC)S(=O)(=O)c2ccc(F)cc2)cc1. The van der Waals surface area contributed by atoms with Crippen LogP contribution in [0.4, 0.5) is 10.1 Å². The highest BCUT2D eigenvalue weighted by Crippen LogP contribution is 2.27. The van der Waals surface area contributed by atoms with Crippen molar-refractivity contribution in [1.29, 1.82) is 0 Å². The molecule has 0 fully saturated rings. The van der Waals surface area contributed by atoms with E-state index in [0.717, 1.165) is 39.7 Å². The van der Waals surface area contributed by atoms with Crippen LogP contribution in [0.5, 0.6) is 5.75 Å². The summed E-state index contributed by atoms with van der Waals surface area (Å²) >= 11 is 0. The van der Waals surface area contributed by atoms with Crippen LogP contribution >= 0.6 is 0 Å². The van der Waals surface area contributed by atoms with Crippen LogP contribution in [-0.2, 0) is 26.2 Å². The Morgan fingerprint density at radius 1 is 0.927 bits per heavy atom. The standard InChI is InChI=1S/C31H38FN3O5S/c1-6-23(4)33-31(37)24(5)34(20-25-10-8-22(3)9-11-25)30(36)21-35(27-14-16-28(17-15-27)40-7-2)41(38,39)29-18-12-26(32)13-19-29/h8-19,23-24H,6-7,20-21H2,1-5H3,(H,33,37)/t23-,24-/m1/s1. The van der Waals surface area contributed by atoms with Gasteiger partial charge in [-0.2, -0.15) is 0 Å². The fraction of sp³-hybridized carbons (Fsp3) is 0.355. The summed E-state index contributed by atoms with van der Waals surface area (Å²) < 4.78 is 47.7. The van der Waals surface area contributed by atoms with E-state index < -0.39 is 34.3 Å². The molecule has 3 rings (SSSR count). The van der Waals surface area contributed by atoms with Gasteiger partial charge in [0.1, 0.15) is 24.2 Å². The van der Waals surface area contributed by atoms with Gasteiger partial charge in [-0.1, -0.05) is 36.8 Å². The van der Waals surface area contributed by atoms with Gasteiger partial charge in [-0.15, -0.1) is 0 Å². The van der Waals surface area contributed by atoms with Crippen molar-refractivity contribution in [3.63, 3.8) is 0 Å². The number of aryl methyl sites for hydroxylation is 1. The molecule has 0 radical (unpaired) electrons. The van der Waals surface area contributed by atoms with E-state index in [2.05, 4.69) is 5.32 Å². The van der Waals surface area contributed by atoms with Crippen molar-refractivity contribution < 1.29 is 27.1 Å². The van der Waals surface area contributed by atoms with Crippen LogP contribution in [-0.4, -0.2) is 50.4 Å². The summed E-state index contributed by atoms with van der Waals surface area (Å²) in [4.78, 5) is 28.3. The topological polar surface area (TPSA) is 96.0 Å². The molecular weight excluding hydrogens is 545 g/mol. The van der Waals surface area contributed by atoms with Gasteiger partial charge in [-0.3, -0.25) is 13.9 Å². The Bertz CT molecular complexity index is 1410. The molecule has 2 atom stereocenters. The van der Waals surface area contributed by atoms with Gasteiger partial charge < -0.3 is 15.0 Å². The van der Waals surface area contributed by atoms with Crippen LogP contribution < -0.4 is 14.4 Å². The maximum Gasteiger partial charge on any atom is 0.264 e. The first kappa shape index (κ1) is 31.6. The first-order valence-electron chi connectivity index (χ1n) is 13.6. The zero-order valence-electron chi connectivity index (χ0n) is 24.1. The average Bonchev–Trinajstić information content (AvgIpc) is 2.95. The number of rotatable bonds is 13. The fourth-order valence-electron chi connectivity index (χ4n) is 4.08. The summed E-state index contributed by atoms with van der Waals surface area (Å²) in [5.41, 5.74) is 2.06. The Hall–Kier alpha value is -3.92. The minimum absolute atomic E-state index is 0.0968. The Morgan fingerprint density at radius 3 is 2.10 bits per heavy atom. The average molecular weight is 584 g/mol. The molecule has 0 spiro atoms. The Balaban J connectivity index is 2.02. The number of amides is 2. The number of sulfonamides is 1. The largest absolute Gasteiger partial charge is 0.494 e. The second kappa shape index (κ2) is 14.1. The lowest BCUT2D eigenvalue weighted by Crippen LogP contribution is -2.52. The van der Waals surface area contributed by atoms with Crippen LogP contribution in [0, 0.1) is 12.7 Å². The smallest absolute Gasteiger partial charge is 0.264 e. The summed E-state index contributed by atoms with van der Waals surface area (Å²) in [7, 11) is -4.29. The molecule has 0 aliphatic heterocycles. The highest BCUT2D eigenvalue weighted by molar-refractivity contribution is 7.92. The van der Waals surface area contributed by atoms with Crippen molar-refractivity contribution in [3.05, 3.63) is 89.7 Å². The van der Waals surface area contributed by atoms with Crippen LogP contribution in [0.15, 0.2) is 77.7 Å². The van der Waals surface area contributed by atoms with Crippen molar-refractivity contribution >= 4 is 27.5 Å². The van der Waals surface area contributed by atoms with E-state index >= 15 is 0 Å².